The van der Waals surface area contributed by atoms with Crippen LogP contribution in [-0.4, -0.2) is 25.4 Å². The molecule has 0 aromatic heterocycles. The smallest absolute Gasteiger partial charge is 0.225 e. The second-order valence-corrected chi connectivity index (χ2v) is 7.92. The Morgan fingerprint density at radius 3 is 2.50 bits per heavy atom. The van der Waals surface area contributed by atoms with E-state index in [1.807, 2.05) is 48.5 Å². The Kier molecular flexibility index (Phi) is 5.88. The fourth-order valence-electron chi connectivity index (χ4n) is 4.39. The molecule has 2 aromatic rings. The molecule has 0 saturated carbocycles. The molecule has 1 aliphatic heterocycles. The van der Waals surface area contributed by atoms with Gasteiger partial charge < -0.3 is 14.8 Å². The van der Waals surface area contributed by atoms with Crippen LogP contribution in [0.15, 0.2) is 59.8 Å². The molecule has 1 aliphatic carbocycles. The zero-order valence-corrected chi connectivity index (χ0v) is 17.4. The zero-order chi connectivity index (χ0) is 21.1. The van der Waals surface area contributed by atoms with Crippen molar-refractivity contribution in [2.75, 3.05) is 13.7 Å². The van der Waals surface area contributed by atoms with E-state index in [0.29, 0.717) is 25.9 Å². The van der Waals surface area contributed by atoms with Gasteiger partial charge in [-0.25, -0.2) is 0 Å². The third-order valence-electron chi connectivity index (χ3n) is 5.86. The minimum absolute atomic E-state index is 0.0372. The van der Waals surface area contributed by atoms with Gasteiger partial charge in [-0.05, 0) is 54.2 Å². The molecule has 0 spiro atoms. The van der Waals surface area contributed by atoms with Crippen LogP contribution in [0.4, 0.5) is 0 Å². The van der Waals surface area contributed by atoms with Gasteiger partial charge in [-0.2, -0.15) is 0 Å². The highest BCUT2D eigenvalue weighted by Crippen LogP contribution is 2.43. The van der Waals surface area contributed by atoms with Crippen molar-refractivity contribution in [1.82, 2.24) is 5.32 Å². The molecule has 0 saturated heterocycles. The number of methoxy groups -OCH3 is 1. The minimum atomic E-state index is -0.201. The fraction of sp³-hybridized carbons (Fsp3) is 0.360. The van der Waals surface area contributed by atoms with Crippen molar-refractivity contribution in [3.8, 4) is 11.5 Å². The summed E-state index contributed by atoms with van der Waals surface area (Å²) in [5, 5.41) is 2.98. The highest BCUT2D eigenvalue weighted by atomic mass is 16.5. The molecule has 0 bridgehead atoms. The average Bonchev–Trinajstić information content (AvgIpc) is 2.77. The lowest BCUT2D eigenvalue weighted by Crippen LogP contribution is -2.38. The van der Waals surface area contributed by atoms with E-state index in [1.165, 1.54) is 0 Å². The lowest BCUT2D eigenvalue weighted by Gasteiger charge is -2.34. The molecule has 4 rings (SSSR count). The largest absolute Gasteiger partial charge is 0.497 e. The van der Waals surface area contributed by atoms with Crippen molar-refractivity contribution in [3.63, 3.8) is 0 Å². The first-order chi connectivity index (χ1) is 14.6. The maximum Gasteiger partial charge on any atom is 0.225 e. The second-order valence-electron chi connectivity index (χ2n) is 7.92. The van der Waals surface area contributed by atoms with E-state index in [4.69, 9.17) is 9.47 Å². The van der Waals surface area contributed by atoms with Crippen LogP contribution in [0.2, 0.25) is 0 Å². The number of rotatable bonds is 6. The predicted octanol–water partition coefficient (Wildman–Crippen LogP) is 4.49. The molecule has 2 unspecified atom stereocenters. The molecule has 0 radical (unpaired) electrons. The van der Waals surface area contributed by atoms with E-state index in [9.17, 15) is 9.59 Å². The number of ether oxygens (including phenoxy) is 2. The number of Topliss-reactive ketones (excluding diaryl/α,β-unsaturated/α-hetero) is 1. The minimum Gasteiger partial charge on any atom is -0.497 e. The maximum atomic E-state index is 13.2. The van der Waals surface area contributed by atoms with Crippen molar-refractivity contribution < 1.29 is 19.1 Å². The number of amides is 1. The van der Waals surface area contributed by atoms with E-state index in [0.717, 1.165) is 40.3 Å². The van der Waals surface area contributed by atoms with Crippen molar-refractivity contribution in [1.29, 1.82) is 0 Å². The number of allylic oxidation sites excluding steroid dienone is 2. The summed E-state index contributed by atoms with van der Waals surface area (Å²) in [6.45, 7) is 2.74. The summed E-state index contributed by atoms with van der Waals surface area (Å²) in [6.07, 6.45) is 2.33. The predicted molar refractivity (Wildman–Crippen MR) is 115 cm³/mol. The Morgan fingerprint density at radius 1 is 0.967 bits per heavy atom. The normalized spacial score (nSPS) is 21.1. The van der Waals surface area contributed by atoms with Gasteiger partial charge in [-0.1, -0.05) is 31.2 Å². The number of carbonyl (C=O) groups is 2. The second kappa shape index (κ2) is 8.74. The molecule has 2 aromatic carbocycles. The summed E-state index contributed by atoms with van der Waals surface area (Å²) < 4.78 is 11.0. The number of carbonyl (C=O) groups excluding carboxylic acids is 2. The molecule has 2 atom stereocenters. The number of hydrogen-bond acceptors (Lipinski definition) is 4. The van der Waals surface area contributed by atoms with Gasteiger partial charge in [-0.3, -0.25) is 9.59 Å². The first-order valence-corrected chi connectivity index (χ1v) is 10.5. The van der Waals surface area contributed by atoms with Crippen molar-refractivity contribution in [2.24, 2.45) is 0 Å². The first kappa shape index (κ1) is 20.2. The van der Waals surface area contributed by atoms with Crippen LogP contribution < -0.4 is 14.8 Å². The Bertz CT molecular complexity index is 977. The third kappa shape index (κ3) is 4.11. The van der Waals surface area contributed by atoms with Crippen LogP contribution in [0, 0.1) is 0 Å². The lowest BCUT2D eigenvalue weighted by molar-refractivity contribution is -0.122. The van der Waals surface area contributed by atoms with Crippen LogP contribution in [-0.2, 0) is 9.59 Å². The Hall–Kier alpha value is -3.08. The summed E-state index contributed by atoms with van der Waals surface area (Å²) in [6, 6.07) is 15.6. The monoisotopic (exact) mass is 405 g/mol. The van der Waals surface area contributed by atoms with Gasteiger partial charge in [0.15, 0.2) is 5.78 Å². The Labute approximate surface area is 177 Å². The van der Waals surface area contributed by atoms with Crippen molar-refractivity contribution >= 4 is 11.7 Å². The summed E-state index contributed by atoms with van der Waals surface area (Å²) in [5.41, 5.74) is 3.57. The molecule has 1 N–H and O–H groups in total. The van der Waals surface area contributed by atoms with Gasteiger partial charge in [0, 0.05) is 30.0 Å². The Morgan fingerprint density at radius 2 is 1.77 bits per heavy atom. The quantitative estimate of drug-likeness (QED) is 0.769. The number of hydrogen-bond donors (Lipinski definition) is 1. The molecule has 5 nitrogen and oxygen atoms in total. The molecule has 5 heteroatoms. The van der Waals surface area contributed by atoms with Crippen LogP contribution in [0.5, 0.6) is 11.5 Å². The summed E-state index contributed by atoms with van der Waals surface area (Å²) in [7, 11) is 1.64. The van der Waals surface area contributed by atoms with Crippen LogP contribution >= 0.6 is 0 Å². The van der Waals surface area contributed by atoms with Crippen molar-refractivity contribution in [2.45, 2.75) is 44.4 Å². The molecular formula is C25H27NO4. The summed E-state index contributed by atoms with van der Waals surface area (Å²) >= 11 is 0. The Balaban J connectivity index is 1.62. The first-order valence-electron chi connectivity index (χ1n) is 10.5. The number of nitrogens with one attached hydrogen (secondary N) is 1. The van der Waals surface area contributed by atoms with E-state index in [1.54, 1.807) is 7.11 Å². The van der Waals surface area contributed by atoms with Gasteiger partial charge in [0.05, 0.1) is 13.7 Å². The average molecular weight is 405 g/mol. The molecule has 30 heavy (non-hydrogen) atoms. The van der Waals surface area contributed by atoms with Gasteiger partial charge in [-0.15, -0.1) is 0 Å². The van der Waals surface area contributed by atoms with E-state index in [-0.39, 0.29) is 23.5 Å². The van der Waals surface area contributed by atoms with E-state index >= 15 is 0 Å². The van der Waals surface area contributed by atoms with Gasteiger partial charge in [0.1, 0.15) is 11.5 Å². The number of ketones is 1. The summed E-state index contributed by atoms with van der Waals surface area (Å²) in [5.74, 6) is 1.49. The standard InChI is InChI=1S/C25H27NO4/c1-3-11-30-19-9-7-16(8-10-19)21-15-24(28)26-22-13-18(14-23(27)25(21)22)17-5-4-6-20(12-17)29-2/h4-10,12,18,21H,3,11,13-15H2,1-2H3,(H,26,28). The van der Waals surface area contributed by atoms with Crippen LogP contribution in [0.3, 0.4) is 0 Å². The third-order valence-corrected chi connectivity index (χ3v) is 5.86. The van der Waals surface area contributed by atoms with Crippen molar-refractivity contribution in [3.05, 3.63) is 70.9 Å². The van der Waals surface area contributed by atoms with E-state index in [2.05, 4.69) is 12.2 Å². The highest BCUT2D eigenvalue weighted by Gasteiger charge is 2.38. The van der Waals surface area contributed by atoms with E-state index < -0.39 is 0 Å². The van der Waals surface area contributed by atoms with Gasteiger partial charge in [0.2, 0.25) is 5.91 Å². The summed E-state index contributed by atoms with van der Waals surface area (Å²) in [4.78, 5) is 25.7. The molecule has 156 valence electrons. The van der Waals surface area contributed by atoms with Crippen LogP contribution in [0.1, 0.15) is 55.6 Å². The van der Waals surface area contributed by atoms with Crippen LogP contribution in [0.25, 0.3) is 0 Å². The van der Waals surface area contributed by atoms with Gasteiger partial charge >= 0.3 is 0 Å². The molecular weight excluding hydrogens is 378 g/mol. The molecule has 1 amide bonds. The number of benzene rings is 2. The molecule has 0 fully saturated rings. The SMILES string of the molecule is CCCOc1ccc(C2CC(=O)NC3=C2C(=O)CC(c2cccc(OC)c2)C3)cc1. The molecule has 2 aliphatic rings. The lowest BCUT2D eigenvalue weighted by atomic mass is 9.73. The fourth-order valence-corrected chi connectivity index (χ4v) is 4.39. The molecule has 1 heterocycles. The maximum absolute atomic E-state index is 13.2. The zero-order valence-electron chi connectivity index (χ0n) is 17.4. The topological polar surface area (TPSA) is 64.6 Å². The highest BCUT2D eigenvalue weighted by molar-refractivity contribution is 6.02. The van der Waals surface area contributed by atoms with Gasteiger partial charge in [0.25, 0.3) is 0 Å².